The number of hydrogen-bond acceptors (Lipinski definition) is 3. The van der Waals surface area contributed by atoms with Gasteiger partial charge in [0.1, 0.15) is 5.78 Å². The summed E-state index contributed by atoms with van der Waals surface area (Å²) in [6.07, 6.45) is 4.02. The number of carbonyl (C=O) groups excluding carboxylic acids is 1. The summed E-state index contributed by atoms with van der Waals surface area (Å²) in [6, 6.07) is 0. The first-order valence-electron chi connectivity index (χ1n) is 6.67. The van der Waals surface area contributed by atoms with Crippen LogP contribution in [0.1, 0.15) is 40.0 Å². The number of rotatable bonds is 5. The van der Waals surface area contributed by atoms with E-state index in [-0.39, 0.29) is 11.7 Å². The van der Waals surface area contributed by atoms with E-state index in [1.807, 2.05) is 0 Å². The predicted octanol–water partition coefficient (Wildman–Crippen LogP) is 1.91. The molecule has 0 amide bonds. The van der Waals surface area contributed by atoms with Crippen LogP contribution in [-0.2, 0) is 14.8 Å². The molecule has 5 heteroatoms. The minimum Gasteiger partial charge on any atom is -0.300 e. The van der Waals surface area contributed by atoms with Crippen molar-refractivity contribution in [3.63, 3.8) is 0 Å². The Morgan fingerprint density at radius 1 is 1.39 bits per heavy atom. The zero-order chi connectivity index (χ0) is 13.9. The van der Waals surface area contributed by atoms with Crippen molar-refractivity contribution in [2.45, 2.75) is 40.0 Å². The van der Waals surface area contributed by atoms with E-state index in [1.54, 1.807) is 11.2 Å². The first-order valence-corrected chi connectivity index (χ1v) is 8.52. The lowest BCUT2D eigenvalue weighted by Crippen LogP contribution is -2.40. The minimum absolute atomic E-state index is 0.0644. The van der Waals surface area contributed by atoms with Gasteiger partial charge >= 0.3 is 0 Å². The summed E-state index contributed by atoms with van der Waals surface area (Å²) in [5.74, 6) is 0.942. The molecule has 0 bridgehead atoms. The third-order valence-electron chi connectivity index (χ3n) is 3.86. The van der Waals surface area contributed by atoms with Crippen molar-refractivity contribution in [3.8, 4) is 0 Å². The second-order valence-electron chi connectivity index (χ2n) is 5.83. The Morgan fingerprint density at radius 2 is 2.00 bits per heavy atom. The molecule has 1 aliphatic heterocycles. The van der Waals surface area contributed by atoms with Crippen molar-refractivity contribution < 1.29 is 13.2 Å². The fraction of sp³-hybridized carbons (Fsp3) is 0.923. The van der Waals surface area contributed by atoms with E-state index in [0.717, 1.165) is 19.3 Å². The topological polar surface area (TPSA) is 54.5 Å². The van der Waals surface area contributed by atoms with Crippen molar-refractivity contribution >= 4 is 15.8 Å². The van der Waals surface area contributed by atoms with Crippen molar-refractivity contribution in [3.05, 3.63) is 0 Å². The first-order chi connectivity index (χ1) is 8.21. The van der Waals surface area contributed by atoms with Crippen LogP contribution in [-0.4, -0.2) is 37.9 Å². The van der Waals surface area contributed by atoms with E-state index < -0.39 is 10.0 Å². The van der Waals surface area contributed by atoms with Gasteiger partial charge in [-0.1, -0.05) is 13.8 Å². The number of carbonyl (C=O) groups is 1. The van der Waals surface area contributed by atoms with Crippen LogP contribution >= 0.6 is 0 Å². The van der Waals surface area contributed by atoms with E-state index in [0.29, 0.717) is 24.9 Å². The number of nitrogens with zero attached hydrogens (tertiary/aromatic N) is 1. The van der Waals surface area contributed by atoms with Crippen LogP contribution in [0.5, 0.6) is 0 Å². The molecule has 0 aliphatic carbocycles. The summed E-state index contributed by atoms with van der Waals surface area (Å²) in [5.41, 5.74) is 0. The highest BCUT2D eigenvalue weighted by Gasteiger charge is 2.29. The Labute approximate surface area is 111 Å². The molecule has 0 aromatic carbocycles. The molecular formula is C13H25NO3S. The molecule has 0 N–H and O–H groups in total. The predicted molar refractivity (Wildman–Crippen MR) is 72.8 cm³/mol. The molecule has 0 radical (unpaired) electrons. The van der Waals surface area contributed by atoms with Crippen LogP contribution in [0.2, 0.25) is 0 Å². The zero-order valence-corrected chi connectivity index (χ0v) is 12.7. The maximum absolute atomic E-state index is 11.6. The summed E-state index contributed by atoms with van der Waals surface area (Å²) >= 11 is 0. The number of piperidine rings is 1. The van der Waals surface area contributed by atoms with E-state index in [4.69, 9.17) is 0 Å². The van der Waals surface area contributed by atoms with Crippen LogP contribution in [0.15, 0.2) is 0 Å². The summed E-state index contributed by atoms with van der Waals surface area (Å²) in [7, 11) is -3.09. The van der Waals surface area contributed by atoms with Gasteiger partial charge < -0.3 is 0 Å². The van der Waals surface area contributed by atoms with Gasteiger partial charge in [-0.3, -0.25) is 4.79 Å². The minimum atomic E-state index is -3.09. The highest BCUT2D eigenvalue weighted by atomic mass is 32.2. The standard InChI is InChI=1S/C13H25NO3S/c1-10(2)13(11(3)15)8-12-6-5-7-14(9-12)18(4,16)17/h10,12-13H,5-9H2,1-4H3. The quantitative estimate of drug-likeness (QED) is 0.770. The van der Waals surface area contributed by atoms with Crippen molar-refractivity contribution in [2.75, 3.05) is 19.3 Å². The van der Waals surface area contributed by atoms with Crippen LogP contribution in [0.25, 0.3) is 0 Å². The normalized spacial score (nSPS) is 24.2. The molecule has 1 rings (SSSR count). The van der Waals surface area contributed by atoms with Crippen LogP contribution < -0.4 is 0 Å². The average molecular weight is 275 g/mol. The van der Waals surface area contributed by atoms with E-state index in [1.165, 1.54) is 6.26 Å². The molecule has 1 aliphatic rings. The Hall–Kier alpha value is -0.420. The highest BCUT2D eigenvalue weighted by molar-refractivity contribution is 7.88. The van der Waals surface area contributed by atoms with Gasteiger partial charge in [0, 0.05) is 19.0 Å². The van der Waals surface area contributed by atoms with Crippen molar-refractivity contribution in [1.82, 2.24) is 4.31 Å². The molecular weight excluding hydrogens is 250 g/mol. The molecule has 0 saturated carbocycles. The molecule has 1 saturated heterocycles. The lowest BCUT2D eigenvalue weighted by atomic mass is 9.81. The van der Waals surface area contributed by atoms with Gasteiger partial charge in [0.15, 0.2) is 0 Å². The second kappa shape index (κ2) is 6.15. The van der Waals surface area contributed by atoms with Crippen molar-refractivity contribution in [2.24, 2.45) is 17.8 Å². The molecule has 0 spiro atoms. The van der Waals surface area contributed by atoms with Gasteiger partial charge in [-0.05, 0) is 38.0 Å². The van der Waals surface area contributed by atoms with Crippen LogP contribution in [0.3, 0.4) is 0 Å². The summed E-state index contributed by atoms with van der Waals surface area (Å²) < 4.78 is 24.6. The van der Waals surface area contributed by atoms with E-state index in [2.05, 4.69) is 13.8 Å². The lowest BCUT2D eigenvalue weighted by Gasteiger charge is -2.33. The second-order valence-corrected chi connectivity index (χ2v) is 7.81. The fourth-order valence-electron chi connectivity index (χ4n) is 2.79. The SMILES string of the molecule is CC(=O)C(CC1CCCN(S(C)(=O)=O)C1)C(C)C. The molecule has 2 atom stereocenters. The van der Waals surface area contributed by atoms with E-state index >= 15 is 0 Å². The smallest absolute Gasteiger partial charge is 0.211 e. The van der Waals surface area contributed by atoms with Gasteiger partial charge in [0.25, 0.3) is 0 Å². The molecule has 106 valence electrons. The van der Waals surface area contributed by atoms with Crippen molar-refractivity contribution in [1.29, 1.82) is 0 Å². The highest BCUT2D eigenvalue weighted by Crippen LogP contribution is 2.28. The molecule has 1 fully saturated rings. The van der Waals surface area contributed by atoms with Crippen LogP contribution in [0, 0.1) is 17.8 Å². The maximum atomic E-state index is 11.6. The lowest BCUT2D eigenvalue weighted by molar-refractivity contribution is -0.122. The third-order valence-corrected chi connectivity index (χ3v) is 5.13. The monoisotopic (exact) mass is 275 g/mol. The molecule has 18 heavy (non-hydrogen) atoms. The Morgan fingerprint density at radius 3 is 2.44 bits per heavy atom. The molecule has 4 nitrogen and oxygen atoms in total. The molecule has 0 aromatic rings. The number of sulfonamides is 1. The van der Waals surface area contributed by atoms with Gasteiger partial charge in [-0.25, -0.2) is 12.7 Å². The molecule has 2 unspecified atom stereocenters. The van der Waals surface area contributed by atoms with Gasteiger partial charge in [0.05, 0.1) is 6.26 Å². The fourth-order valence-corrected chi connectivity index (χ4v) is 3.73. The summed E-state index contributed by atoms with van der Waals surface area (Å²) in [4.78, 5) is 11.6. The maximum Gasteiger partial charge on any atom is 0.211 e. The average Bonchev–Trinajstić information content (AvgIpc) is 2.24. The number of Topliss-reactive ketones (excluding diaryl/α,β-unsaturated/α-hetero) is 1. The first kappa shape index (κ1) is 15.6. The largest absolute Gasteiger partial charge is 0.300 e. The zero-order valence-electron chi connectivity index (χ0n) is 11.8. The summed E-state index contributed by atoms with van der Waals surface area (Å²) in [5, 5.41) is 0. The summed E-state index contributed by atoms with van der Waals surface area (Å²) in [6.45, 7) is 6.96. The Bertz CT molecular complexity index is 389. The van der Waals surface area contributed by atoms with Crippen LogP contribution in [0.4, 0.5) is 0 Å². The van der Waals surface area contributed by atoms with E-state index in [9.17, 15) is 13.2 Å². The van der Waals surface area contributed by atoms with Gasteiger partial charge in [-0.2, -0.15) is 0 Å². The molecule has 0 aromatic heterocycles. The third kappa shape index (κ3) is 4.35. The van der Waals surface area contributed by atoms with Gasteiger partial charge in [0.2, 0.25) is 10.0 Å². The Kier molecular flexibility index (Phi) is 5.34. The number of ketones is 1. The molecule has 1 heterocycles. The van der Waals surface area contributed by atoms with Gasteiger partial charge in [-0.15, -0.1) is 0 Å². The number of hydrogen-bond donors (Lipinski definition) is 0. The Balaban J connectivity index is 2.65.